The largest absolute Gasteiger partial charge is 1.00 e. The zero-order valence-corrected chi connectivity index (χ0v) is 17.2. The second-order valence-electron chi connectivity index (χ2n) is 6.75. The molecule has 2 nitrogen and oxygen atoms in total. The monoisotopic (exact) mass is 458 g/mol. The normalized spacial score (nSPS) is 11.3. The molecule has 148 valence electrons. The van der Waals surface area contributed by atoms with E-state index in [1.54, 1.807) is 6.20 Å². The Kier molecular flexibility index (Phi) is 6.03. The summed E-state index contributed by atoms with van der Waals surface area (Å²) in [6, 6.07) is 19.1. The van der Waals surface area contributed by atoms with Crippen molar-refractivity contribution in [1.82, 2.24) is 4.98 Å². The Morgan fingerprint density at radius 2 is 1.59 bits per heavy atom. The van der Waals surface area contributed by atoms with Gasteiger partial charge in [0, 0.05) is 28.3 Å². The summed E-state index contributed by atoms with van der Waals surface area (Å²) in [6.07, 6.45) is -0.613. The Balaban J connectivity index is 0.00000240. The molecule has 29 heavy (non-hydrogen) atoms. The van der Waals surface area contributed by atoms with Crippen molar-refractivity contribution in [2.75, 3.05) is 0 Å². The molecule has 4 aromatic rings. The van der Waals surface area contributed by atoms with Crippen molar-refractivity contribution < 1.29 is 34.7 Å². The molecule has 0 fully saturated rings. The lowest BCUT2D eigenvalue weighted by atomic mass is 10.0. The van der Waals surface area contributed by atoms with E-state index in [0.717, 1.165) is 39.9 Å². The van der Waals surface area contributed by atoms with E-state index in [-0.39, 0.29) is 17.0 Å². The van der Waals surface area contributed by atoms with Crippen LogP contribution in [0, 0.1) is 6.92 Å². The third kappa shape index (κ3) is 4.32. The lowest BCUT2D eigenvalue weighted by Gasteiger charge is -2.11. The predicted octanol–water partition coefficient (Wildman–Crippen LogP) is 2.57. The van der Waals surface area contributed by atoms with E-state index in [0.29, 0.717) is 12.1 Å². The first-order chi connectivity index (χ1) is 13.4. The van der Waals surface area contributed by atoms with Crippen molar-refractivity contribution in [3.63, 3.8) is 0 Å². The molecule has 0 atom stereocenters. The minimum absolute atomic E-state index is 0. The smallest absolute Gasteiger partial charge is 0.416 e. The van der Waals surface area contributed by atoms with E-state index in [9.17, 15) is 13.2 Å². The van der Waals surface area contributed by atoms with Crippen LogP contribution in [-0.2, 0) is 12.7 Å². The molecular weight excluding hydrogens is 441 g/mol. The van der Waals surface area contributed by atoms with Crippen molar-refractivity contribution >= 4 is 10.9 Å². The molecule has 0 unspecified atom stereocenters. The Hall–Kier alpha value is -2.73. The van der Waals surface area contributed by atoms with Gasteiger partial charge in [0.15, 0.2) is 12.7 Å². The maximum absolute atomic E-state index is 13.0. The van der Waals surface area contributed by atoms with Crippen molar-refractivity contribution in [3.05, 3.63) is 95.8 Å². The van der Waals surface area contributed by atoms with Crippen LogP contribution in [0.5, 0.6) is 0 Å². The zero-order chi connectivity index (χ0) is 19.7. The Bertz CT molecular complexity index is 1120. The van der Waals surface area contributed by atoms with E-state index < -0.39 is 11.7 Å². The standard InChI is InChI=1S/C23H18F3N2.BrH/c1-16-14-28(15-17-6-3-2-4-7-17)22(21-20(16)8-5-13-27-21)18-9-11-19(12-10-18)23(24,25)26;/h2-14H,15H2,1H3;1H/q+1;/p-1. The van der Waals surface area contributed by atoms with E-state index >= 15 is 0 Å². The van der Waals surface area contributed by atoms with Gasteiger partial charge in [0.2, 0.25) is 5.69 Å². The number of benzene rings is 2. The number of fused-ring (bicyclic) bond motifs is 1. The molecule has 2 aromatic heterocycles. The van der Waals surface area contributed by atoms with Crippen LogP contribution in [0.1, 0.15) is 16.7 Å². The summed E-state index contributed by atoms with van der Waals surface area (Å²) < 4.78 is 41.0. The minimum Gasteiger partial charge on any atom is -1.00 e. The number of nitrogens with zero attached hydrogens (tertiary/aromatic N) is 2. The molecule has 0 radical (unpaired) electrons. The Morgan fingerprint density at radius 1 is 0.897 bits per heavy atom. The molecule has 0 N–H and O–H groups in total. The first-order valence-electron chi connectivity index (χ1n) is 8.93. The van der Waals surface area contributed by atoms with Gasteiger partial charge in [-0.1, -0.05) is 36.4 Å². The van der Waals surface area contributed by atoms with Crippen LogP contribution in [0.25, 0.3) is 22.2 Å². The van der Waals surface area contributed by atoms with Gasteiger partial charge in [0.05, 0.1) is 5.56 Å². The molecule has 0 bridgehead atoms. The second-order valence-corrected chi connectivity index (χ2v) is 6.75. The summed E-state index contributed by atoms with van der Waals surface area (Å²) in [4.78, 5) is 4.55. The number of halogens is 4. The number of alkyl halides is 3. The summed E-state index contributed by atoms with van der Waals surface area (Å²) in [5.41, 5.74) is 3.80. The van der Waals surface area contributed by atoms with Crippen molar-refractivity contribution in [1.29, 1.82) is 0 Å². The maximum Gasteiger partial charge on any atom is 0.416 e. The van der Waals surface area contributed by atoms with Crippen molar-refractivity contribution in [3.8, 4) is 11.3 Å². The minimum atomic E-state index is -4.36. The van der Waals surface area contributed by atoms with Crippen LogP contribution in [0.4, 0.5) is 13.2 Å². The van der Waals surface area contributed by atoms with Crippen molar-refractivity contribution in [2.45, 2.75) is 19.6 Å². The molecule has 4 rings (SSSR count). The van der Waals surface area contributed by atoms with Gasteiger partial charge in [-0.25, -0.2) is 4.98 Å². The lowest BCUT2D eigenvalue weighted by molar-refractivity contribution is -0.676. The summed E-state index contributed by atoms with van der Waals surface area (Å²) in [6.45, 7) is 2.62. The SMILES string of the molecule is Cc1c[n+](Cc2ccccc2)c(-c2ccc(C(F)(F)F)cc2)c2ncccc12.[Br-]. The van der Waals surface area contributed by atoms with Gasteiger partial charge in [0.25, 0.3) is 0 Å². The molecular formula is C23H18BrF3N2. The molecule has 0 amide bonds. The Labute approximate surface area is 177 Å². The number of aryl methyl sites for hydroxylation is 1. The van der Waals surface area contributed by atoms with Gasteiger partial charge in [-0.15, -0.1) is 0 Å². The summed E-state index contributed by atoms with van der Waals surface area (Å²) in [7, 11) is 0. The van der Waals surface area contributed by atoms with E-state index in [1.807, 2.05) is 55.6 Å². The maximum atomic E-state index is 13.0. The number of rotatable bonds is 3. The fourth-order valence-electron chi connectivity index (χ4n) is 3.44. The molecule has 2 heterocycles. The van der Waals surface area contributed by atoms with E-state index in [4.69, 9.17) is 0 Å². The fourth-order valence-corrected chi connectivity index (χ4v) is 3.44. The molecule has 0 saturated carbocycles. The van der Waals surface area contributed by atoms with Gasteiger partial charge < -0.3 is 17.0 Å². The van der Waals surface area contributed by atoms with Crippen LogP contribution in [-0.4, -0.2) is 4.98 Å². The zero-order valence-electron chi connectivity index (χ0n) is 15.6. The topological polar surface area (TPSA) is 16.8 Å². The highest BCUT2D eigenvalue weighted by Gasteiger charge is 2.30. The van der Waals surface area contributed by atoms with Gasteiger partial charge in [-0.3, -0.25) is 0 Å². The van der Waals surface area contributed by atoms with Crippen LogP contribution in [0.2, 0.25) is 0 Å². The average molecular weight is 459 g/mol. The lowest BCUT2D eigenvalue weighted by Crippen LogP contribution is -3.00. The van der Waals surface area contributed by atoms with Crippen molar-refractivity contribution in [2.24, 2.45) is 0 Å². The van der Waals surface area contributed by atoms with E-state index in [1.165, 1.54) is 12.1 Å². The van der Waals surface area contributed by atoms with Crippen LogP contribution in [0.15, 0.2) is 79.1 Å². The van der Waals surface area contributed by atoms with Gasteiger partial charge in [-0.2, -0.15) is 17.7 Å². The Morgan fingerprint density at radius 3 is 2.24 bits per heavy atom. The van der Waals surface area contributed by atoms with Crippen LogP contribution >= 0.6 is 0 Å². The average Bonchev–Trinajstić information content (AvgIpc) is 2.69. The summed E-state index contributed by atoms with van der Waals surface area (Å²) in [5, 5.41) is 0.988. The third-order valence-corrected chi connectivity index (χ3v) is 4.77. The third-order valence-electron chi connectivity index (χ3n) is 4.77. The fraction of sp³-hybridized carbons (Fsp3) is 0.130. The number of hydrogen-bond acceptors (Lipinski definition) is 1. The first kappa shape index (κ1) is 21.0. The summed E-state index contributed by atoms with van der Waals surface area (Å²) in [5.74, 6) is 0. The van der Waals surface area contributed by atoms with Gasteiger partial charge in [0.1, 0.15) is 5.52 Å². The molecule has 0 aliphatic carbocycles. The summed E-state index contributed by atoms with van der Waals surface area (Å²) >= 11 is 0. The van der Waals surface area contributed by atoms with Crippen LogP contribution in [0.3, 0.4) is 0 Å². The second kappa shape index (κ2) is 8.33. The number of pyridine rings is 2. The van der Waals surface area contributed by atoms with Gasteiger partial charge in [-0.05, 0) is 37.3 Å². The highest BCUT2D eigenvalue weighted by Crippen LogP contribution is 2.32. The molecule has 0 spiro atoms. The van der Waals surface area contributed by atoms with Crippen LogP contribution < -0.4 is 21.5 Å². The predicted molar refractivity (Wildman–Crippen MR) is 103 cm³/mol. The molecule has 0 saturated heterocycles. The molecule has 6 heteroatoms. The van der Waals surface area contributed by atoms with Gasteiger partial charge >= 0.3 is 6.18 Å². The molecule has 0 aliphatic rings. The highest BCUT2D eigenvalue weighted by atomic mass is 79.9. The quantitative estimate of drug-likeness (QED) is 0.431. The number of aromatic nitrogens is 2. The highest BCUT2D eigenvalue weighted by molar-refractivity contribution is 5.91. The number of hydrogen-bond donors (Lipinski definition) is 0. The molecule has 2 aromatic carbocycles. The first-order valence-corrected chi connectivity index (χ1v) is 8.93. The molecule has 0 aliphatic heterocycles. The van der Waals surface area contributed by atoms with E-state index in [2.05, 4.69) is 9.55 Å².